The van der Waals surface area contributed by atoms with Crippen molar-refractivity contribution in [3.05, 3.63) is 12.3 Å². The fourth-order valence-electron chi connectivity index (χ4n) is 0.602. The van der Waals surface area contributed by atoms with E-state index >= 15 is 0 Å². The molecule has 14 heavy (non-hydrogen) atoms. The summed E-state index contributed by atoms with van der Waals surface area (Å²) in [6.45, 7) is 3.31. The zero-order valence-electron chi connectivity index (χ0n) is 7.41. The first-order valence-electron chi connectivity index (χ1n) is 3.72. The van der Waals surface area contributed by atoms with Gasteiger partial charge in [0.2, 0.25) is 0 Å². The Morgan fingerprint density at radius 2 is 2.14 bits per heavy atom. The normalized spacial score (nSPS) is 14.1. The maximum Gasteiger partial charge on any atom is 0.381 e. The maximum atomic E-state index is 11.7. The van der Waals surface area contributed by atoms with Gasteiger partial charge in [0.05, 0.1) is 12.8 Å². The summed E-state index contributed by atoms with van der Waals surface area (Å²) >= 11 is 10.8. The van der Waals surface area contributed by atoms with Crippen LogP contribution in [0.2, 0.25) is 0 Å². The Morgan fingerprint density at radius 1 is 1.50 bits per heavy atom. The molecule has 0 aromatic rings. The number of rotatable bonds is 7. The molecule has 1 unspecified atom stereocenters. The van der Waals surface area contributed by atoms with Gasteiger partial charge >= 0.3 is 7.60 Å². The van der Waals surface area contributed by atoms with Crippen LogP contribution in [0.3, 0.4) is 0 Å². The molecule has 0 radical (unpaired) electrons. The number of hydrogen-bond acceptors (Lipinski definition) is 4. The molecule has 0 aromatic heterocycles. The van der Waals surface area contributed by atoms with Crippen molar-refractivity contribution in [3.63, 3.8) is 0 Å². The number of allylic oxidation sites excluding steroid dienone is 1. The van der Waals surface area contributed by atoms with Crippen molar-refractivity contribution < 1.29 is 13.6 Å². The second kappa shape index (κ2) is 7.14. The first-order chi connectivity index (χ1) is 6.58. The second-order valence-electron chi connectivity index (χ2n) is 2.17. The number of nitriles is 1. The van der Waals surface area contributed by atoms with Crippen LogP contribution < -0.4 is 0 Å². The maximum absolute atomic E-state index is 11.7. The molecule has 0 amide bonds. The zero-order chi connectivity index (χ0) is 11.0. The third-order valence-corrected chi connectivity index (χ3v) is 3.55. The topological polar surface area (TPSA) is 59.3 Å². The van der Waals surface area contributed by atoms with Gasteiger partial charge in [-0.3, -0.25) is 4.52 Å². The van der Waals surface area contributed by atoms with Gasteiger partial charge in [-0.2, -0.15) is 5.26 Å². The SMILES string of the molecule is C=C(C#N)OP(=O)(CCCl)OCCCl. The van der Waals surface area contributed by atoms with Gasteiger partial charge in [-0.05, 0) is 6.58 Å². The molecule has 0 aromatic carbocycles. The molecule has 0 rings (SSSR count). The highest BCUT2D eigenvalue weighted by atomic mass is 35.5. The third kappa shape index (κ3) is 5.51. The summed E-state index contributed by atoms with van der Waals surface area (Å²) in [6.07, 6.45) is 0.0200. The van der Waals surface area contributed by atoms with Gasteiger partial charge in [-0.25, -0.2) is 4.57 Å². The predicted molar refractivity (Wildman–Crippen MR) is 55.7 cm³/mol. The monoisotopic (exact) mass is 257 g/mol. The first kappa shape index (κ1) is 13.8. The van der Waals surface area contributed by atoms with E-state index in [0.29, 0.717) is 0 Å². The van der Waals surface area contributed by atoms with Crippen LogP contribution in [0.25, 0.3) is 0 Å². The van der Waals surface area contributed by atoms with Crippen LogP contribution >= 0.6 is 30.8 Å². The van der Waals surface area contributed by atoms with Crippen molar-refractivity contribution in [2.45, 2.75) is 0 Å². The second-order valence-corrected chi connectivity index (χ2v) is 5.04. The lowest BCUT2D eigenvalue weighted by molar-refractivity contribution is 0.258. The molecule has 0 fully saturated rings. The number of halogens is 2. The molecular weight excluding hydrogens is 248 g/mol. The van der Waals surface area contributed by atoms with Gasteiger partial charge in [0.15, 0.2) is 5.76 Å². The number of hydrogen-bond donors (Lipinski definition) is 0. The van der Waals surface area contributed by atoms with E-state index in [2.05, 4.69) is 6.58 Å². The molecule has 7 heteroatoms. The summed E-state index contributed by atoms with van der Waals surface area (Å²) in [5.41, 5.74) is 0. The summed E-state index contributed by atoms with van der Waals surface area (Å²) in [7, 11) is -3.35. The molecule has 0 aliphatic heterocycles. The first-order valence-corrected chi connectivity index (χ1v) is 6.52. The quantitative estimate of drug-likeness (QED) is 0.305. The number of alkyl halides is 2. The van der Waals surface area contributed by atoms with E-state index in [9.17, 15) is 4.57 Å². The fourth-order valence-corrected chi connectivity index (χ4v) is 2.63. The van der Waals surface area contributed by atoms with Crippen molar-refractivity contribution in [2.24, 2.45) is 0 Å². The molecule has 0 heterocycles. The van der Waals surface area contributed by atoms with Crippen molar-refractivity contribution in [1.82, 2.24) is 0 Å². The molecule has 0 aliphatic rings. The Hall–Kier alpha value is -0.200. The van der Waals surface area contributed by atoms with Crippen molar-refractivity contribution in [2.75, 3.05) is 24.5 Å². The minimum atomic E-state index is -3.35. The Bertz CT molecular complexity index is 277. The molecule has 0 bridgehead atoms. The lowest BCUT2D eigenvalue weighted by Crippen LogP contribution is -2.02. The molecule has 4 nitrogen and oxygen atoms in total. The molecule has 0 N–H and O–H groups in total. The van der Waals surface area contributed by atoms with Gasteiger partial charge in [0, 0.05) is 11.8 Å². The van der Waals surface area contributed by atoms with Crippen LogP contribution in [-0.2, 0) is 13.6 Å². The van der Waals surface area contributed by atoms with Crippen molar-refractivity contribution in [3.8, 4) is 6.07 Å². The average Bonchev–Trinajstić information content (AvgIpc) is 2.15. The highest BCUT2D eigenvalue weighted by Gasteiger charge is 2.25. The molecule has 0 aliphatic carbocycles. The van der Waals surface area contributed by atoms with E-state index < -0.39 is 7.60 Å². The zero-order valence-corrected chi connectivity index (χ0v) is 9.82. The van der Waals surface area contributed by atoms with Crippen LogP contribution in [0.15, 0.2) is 12.3 Å². The Balaban J connectivity index is 4.32. The van der Waals surface area contributed by atoms with E-state index in [1.165, 1.54) is 0 Å². The van der Waals surface area contributed by atoms with Gasteiger partial charge in [0.25, 0.3) is 0 Å². The molecule has 1 atom stereocenters. The van der Waals surface area contributed by atoms with E-state index in [1.54, 1.807) is 6.07 Å². The van der Waals surface area contributed by atoms with Gasteiger partial charge in [0.1, 0.15) is 6.07 Å². The smallest absolute Gasteiger partial charge is 0.381 e. The fraction of sp³-hybridized carbons (Fsp3) is 0.571. The highest BCUT2D eigenvalue weighted by Crippen LogP contribution is 2.49. The third-order valence-electron chi connectivity index (χ3n) is 1.10. The van der Waals surface area contributed by atoms with Gasteiger partial charge < -0.3 is 4.52 Å². The van der Waals surface area contributed by atoms with Crippen LogP contribution in [0.1, 0.15) is 0 Å². The minimum absolute atomic E-state index is 0.0200. The summed E-state index contributed by atoms with van der Waals surface area (Å²) < 4.78 is 21.4. The molecule has 80 valence electrons. The highest BCUT2D eigenvalue weighted by molar-refractivity contribution is 7.54. The van der Waals surface area contributed by atoms with Gasteiger partial charge in [-0.15, -0.1) is 23.2 Å². The van der Waals surface area contributed by atoms with E-state index in [0.717, 1.165) is 0 Å². The van der Waals surface area contributed by atoms with E-state index in [-0.39, 0.29) is 30.3 Å². The Kier molecular flexibility index (Phi) is 7.04. The molecule has 0 spiro atoms. The average molecular weight is 258 g/mol. The van der Waals surface area contributed by atoms with E-state index in [4.69, 9.17) is 37.5 Å². The lowest BCUT2D eigenvalue weighted by atomic mass is 10.7. The largest absolute Gasteiger partial charge is 0.414 e. The standard InChI is InChI=1S/C7H10Cl2NO3P/c1-7(6-10)13-14(11,5-3-9)12-4-2-8/h1-5H2. The summed E-state index contributed by atoms with van der Waals surface area (Å²) in [4.78, 5) is 0. The molecule has 0 saturated heterocycles. The summed E-state index contributed by atoms with van der Waals surface area (Å²) in [5.74, 6) is 0.0421. The van der Waals surface area contributed by atoms with Crippen LogP contribution in [-0.4, -0.2) is 24.5 Å². The minimum Gasteiger partial charge on any atom is -0.414 e. The number of nitrogens with zero attached hydrogens (tertiary/aromatic N) is 1. The lowest BCUT2D eigenvalue weighted by Gasteiger charge is -2.16. The summed E-state index contributed by atoms with van der Waals surface area (Å²) in [5, 5.41) is 8.38. The molecule has 0 saturated carbocycles. The van der Waals surface area contributed by atoms with E-state index in [1.807, 2.05) is 0 Å². The van der Waals surface area contributed by atoms with Crippen LogP contribution in [0.4, 0.5) is 0 Å². The van der Waals surface area contributed by atoms with Gasteiger partial charge in [-0.1, -0.05) is 0 Å². The van der Waals surface area contributed by atoms with Crippen LogP contribution in [0, 0.1) is 11.3 Å². The Labute approximate surface area is 92.9 Å². The summed E-state index contributed by atoms with van der Waals surface area (Å²) in [6, 6.07) is 1.61. The van der Waals surface area contributed by atoms with Crippen molar-refractivity contribution >= 4 is 30.8 Å². The van der Waals surface area contributed by atoms with Crippen molar-refractivity contribution in [1.29, 1.82) is 5.26 Å². The predicted octanol–water partition coefficient (Wildman–Crippen LogP) is 2.73. The van der Waals surface area contributed by atoms with Crippen LogP contribution in [0.5, 0.6) is 0 Å². The molecular formula is C7H10Cl2NO3P. The Morgan fingerprint density at radius 3 is 2.57 bits per heavy atom.